The third-order valence-electron chi connectivity index (χ3n) is 3.65. The second kappa shape index (κ2) is 8.03. The number of carbonyl (C=O) groups excluding carboxylic acids is 1. The second-order valence-corrected chi connectivity index (χ2v) is 5.22. The molecule has 2 heterocycles. The maximum absolute atomic E-state index is 13.6. The van der Waals surface area contributed by atoms with Gasteiger partial charge >= 0.3 is 0 Å². The van der Waals surface area contributed by atoms with Gasteiger partial charge in [-0.1, -0.05) is 0 Å². The van der Waals surface area contributed by atoms with Gasteiger partial charge in [0.05, 0.1) is 17.4 Å². The number of pyridine rings is 1. The number of nitrogens with zero attached hydrogens (tertiary/aromatic N) is 2. The lowest BCUT2D eigenvalue weighted by atomic mass is 10.2. The lowest BCUT2D eigenvalue weighted by Gasteiger charge is -2.29. The highest BCUT2D eigenvalue weighted by atomic mass is 35.5. The van der Waals surface area contributed by atoms with Crippen molar-refractivity contribution in [2.45, 2.75) is 0 Å². The molecule has 1 saturated heterocycles. The van der Waals surface area contributed by atoms with Gasteiger partial charge in [-0.3, -0.25) is 4.79 Å². The number of anilines is 2. The number of carbonyl (C=O) groups is 1. The molecular formula is C16H17ClF2N4O. The molecule has 24 heavy (non-hydrogen) atoms. The number of halogens is 3. The molecule has 1 aliphatic rings. The third-order valence-corrected chi connectivity index (χ3v) is 3.65. The average Bonchev–Trinajstić information content (AvgIpc) is 2.56. The van der Waals surface area contributed by atoms with Crippen LogP contribution in [0.15, 0.2) is 36.5 Å². The summed E-state index contributed by atoms with van der Waals surface area (Å²) in [6.45, 7) is 3.63. The molecule has 0 unspecified atom stereocenters. The Morgan fingerprint density at radius 2 is 1.92 bits per heavy atom. The molecular weight excluding hydrogens is 338 g/mol. The summed E-state index contributed by atoms with van der Waals surface area (Å²) in [4.78, 5) is 18.4. The Hall–Kier alpha value is -2.25. The van der Waals surface area contributed by atoms with Gasteiger partial charge in [0, 0.05) is 32.2 Å². The minimum absolute atomic E-state index is 0. The van der Waals surface area contributed by atoms with Crippen molar-refractivity contribution in [2.24, 2.45) is 0 Å². The zero-order chi connectivity index (χ0) is 16.2. The van der Waals surface area contributed by atoms with Gasteiger partial charge in [-0.15, -0.1) is 12.4 Å². The van der Waals surface area contributed by atoms with E-state index in [1.807, 2.05) is 6.07 Å². The van der Waals surface area contributed by atoms with Crippen molar-refractivity contribution in [3.63, 3.8) is 0 Å². The normalized spacial score (nSPS) is 14.0. The van der Waals surface area contributed by atoms with E-state index in [2.05, 4.69) is 20.5 Å². The van der Waals surface area contributed by atoms with Crippen LogP contribution in [0.4, 0.5) is 20.3 Å². The predicted molar refractivity (Wildman–Crippen MR) is 90.9 cm³/mol. The summed E-state index contributed by atoms with van der Waals surface area (Å²) in [5.41, 5.74) is 0.747. The van der Waals surface area contributed by atoms with Crippen LogP contribution in [-0.4, -0.2) is 37.1 Å². The molecule has 0 spiro atoms. The summed E-state index contributed by atoms with van der Waals surface area (Å²) in [6.07, 6.45) is 1.67. The molecule has 0 atom stereocenters. The molecule has 3 rings (SSSR count). The van der Waals surface area contributed by atoms with Crippen LogP contribution in [0, 0.1) is 11.6 Å². The molecule has 2 N–H and O–H groups in total. The summed E-state index contributed by atoms with van der Waals surface area (Å²) < 4.78 is 26.4. The van der Waals surface area contributed by atoms with E-state index >= 15 is 0 Å². The van der Waals surface area contributed by atoms with Crippen LogP contribution in [0.3, 0.4) is 0 Å². The Bertz CT molecular complexity index is 706. The number of benzene rings is 1. The van der Waals surface area contributed by atoms with Gasteiger partial charge in [0.2, 0.25) is 0 Å². The van der Waals surface area contributed by atoms with Crippen molar-refractivity contribution in [1.82, 2.24) is 10.3 Å². The molecule has 0 saturated carbocycles. The van der Waals surface area contributed by atoms with E-state index in [9.17, 15) is 13.6 Å². The Labute approximate surface area is 144 Å². The van der Waals surface area contributed by atoms with Crippen LogP contribution in [0.2, 0.25) is 0 Å². The maximum Gasteiger partial charge on any atom is 0.259 e. The summed E-state index contributed by atoms with van der Waals surface area (Å²) in [5.74, 6) is -1.97. The fraction of sp³-hybridized carbons (Fsp3) is 0.250. The highest BCUT2D eigenvalue weighted by molar-refractivity contribution is 6.03. The van der Waals surface area contributed by atoms with E-state index in [0.29, 0.717) is 11.9 Å². The van der Waals surface area contributed by atoms with Crippen LogP contribution >= 0.6 is 12.4 Å². The van der Waals surface area contributed by atoms with Crippen molar-refractivity contribution < 1.29 is 13.6 Å². The lowest BCUT2D eigenvalue weighted by molar-refractivity contribution is 0.102. The third kappa shape index (κ3) is 4.18. The molecule has 8 heteroatoms. The largest absolute Gasteiger partial charge is 0.368 e. The number of aromatic nitrogens is 1. The van der Waals surface area contributed by atoms with Crippen molar-refractivity contribution in [3.8, 4) is 0 Å². The highest BCUT2D eigenvalue weighted by Gasteiger charge is 2.14. The summed E-state index contributed by atoms with van der Waals surface area (Å²) >= 11 is 0. The number of rotatable bonds is 3. The standard InChI is InChI=1S/C16H16F2N4O.ClH/c17-11-1-3-13(14(18)9-11)16(23)21-15-4-2-12(10-20-15)22-7-5-19-6-8-22;/h1-4,9-10,19H,5-8H2,(H,20,21,23);1H. The molecule has 128 valence electrons. The predicted octanol–water partition coefficient (Wildman–Crippen LogP) is 2.44. The second-order valence-electron chi connectivity index (χ2n) is 5.22. The van der Waals surface area contributed by atoms with Gasteiger partial charge in [0.25, 0.3) is 5.91 Å². The summed E-state index contributed by atoms with van der Waals surface area (Å²) in [7, 11) is 0. The molecule has 1 aromatic heterocycles. The summed E-state index contributed by atoms with van der Waals surface area (Å²) in [6, 6.07) is 6.34. The topological polar surface area (TPSA) is 57.3 Å². The first-order chi connectivity index (χ1) is 11.1. The maximum atomic E-state index is 13.6. The van der Waals surface area contributed by atoms with Crippen LogP contribution < -0.4 is 15.5 Å². The zero-order valence-electron chi connectivity index (χ0n) is 12.8. The monoisotopic (exact) mass is 354 g/mol. The highest BCUT2D eigenvalue weighted by Crippen LogP contribution is 2.17. The van der Waals surface area contributed by atoms with Gasteiger partial charge in [-0.25, -0.2) is 13.8 Å². The van der Waals surface area contributed by atoms with Crippen molar-refractivity contribution in [1.29, 1.82) is 0 Å². The first-order valence-electron chi connectivity index (χ1n) is 7.31. The Morgan fingerprint density at radius 3 is 2.54 bits per heavy atom. The lowest BCUT2D eigenvalue weighted by Crippen LogP contribution is -2.43. The quantitative estimate of drug-likeness (QED) is 0.889. The first kappa shape index (κ1) is 18.1. The molecule has 1 fully saturated rings. The van der Waals surface area contributed by atoms with Crippen LogP contribution in [0.5, 0.6) is 0 Å². The molecule has 2 aromatic rings. The molecule has 0 aliphatic carbocycles. The Balaban J connectivity index is 0.00000208. The molecule has 5 nitrogen and oxygen atoms in total. The van der Waals surface area contributed by atoms with Gasteiger partial charge in [-0.2, -0.15) is 0 Å². The van der Waals surface area contributed by atoms with E-state index < -0.39 is 17.5 Å². The molecule has 1 amide bonds. The first-order valence-corrected chi connectivity index (χ1v) is 7.31. The zero-order valence-corrected chi connectivity index (χ0v) is 13.6. The van der Waals surface area contributed by atoms with E-state index in [-0.39, 0.29) is 18.0 Å². The van der Waals surface area contributed by atoms with E-state index in [1.54, 1.807) is 12.3 Å². The molecule has 0 radical (unpaired) electrons. The minimum atomic E-state index is -0.903. The van der Waals surface area contributed by atoms with Crippen molar-refractivity contribution in [2.75, 3.05) is 36.4 Å². The average molecular weight is 355 g/mol. The Kier molecular flexibility index (Phi) is 6.05. The van der Waals surface area contributed by atoms with E-state index in [4.69, 9.17) is 0 Å². The van der Waals surface area contributed by atoms with Crippen LogP contribution in [0.1, 0.15) is 10.4 Å². The van der Waals surface area contributed by atoms with Crippen LogP contribution in [-0.2, 0) is 0 Å². The number of hydrogen-bond donors (Lipinski definition) is 2. The van der Waals surface area contributed by atoms with Gasteiger partial charge < -0.3 is 15.5 Å². The molecule has 1 aromatic carbocycles. The van der Waals surface area contributed by atoms with Crippen LogP contribution in [0.25, 0.3) is 0 Å². The van der Waals surface area contributed by atoms with Crippen molar-refractivity contribution >= 4 is 29.8 Å². The fourth-order valence-corrected chi connectivity index (χ4v) is 2.43. The van der Waals surface area contributed by atoms with E-state index in [1.165, 1.54) is 0 Å². The van der Waals surface area contributed by atoms with Gasteiger partial charge in [-0.05, 0) is 24.3 Å². The van der Waals surface area contributed by atoms with E-state index in [0.717, 1.165) is 44.0 Å². The number of piperazine rings is 1. The molecule has 0 bridgehead atoms. The minimum Gasteiger partial charge on any atom is -0.368 e. The fourth-order valence-electron chi connectivity index (χ4n) is 2.43. The number of nitrogens with one attached hydrogen (secondary N) is 2. The van der Waals surface area contributed by atoms with Crippen molar-refractivity contribution in [3.05, 3.63) is 53.7 Å². The van der Waals surface area contributed by atoms with Gasteiger partial charge in [0.1, 0.15) is 17.5 Å². The molecule has 1 aliphatic heterocycles. The number of amides is 1. The number of hydrogen-bond acceptors (Lipinski definition) is 4. The smallest absolute Gasteiger partial charge is 0.259 e. The Morgan fingerprint density at radius 1 is 1.17 bits per heavy atom. The summed E-state index contributed by atoms with van der Waals surface area (Å²) in [5, 5.41) is 5.77. The van der Waals surface area contributed by atoms with Gasteiger partial charge in [0.15, 0.2) is 0 Å². The SMILES string of the molecule is Cl.O=C(Nc1ccc(N2CCNCC2)cn1)c1ccc(F)cc1F.